The number of aromatic nitrogens is 2. The predicted molar refractivity (Wildman–Crippen MR) is 103 cm³/mol. The average Bonchev–Trinajstić information content (AvgIpc) is 2.90. The third-order valence-corrected chi connectivity index (χ3v) is 4.65. The van der Waals surface area contributed by atoms with Crippen LogP contribution in [0.4, 0.5) is 10.6 Å². The van der Waals surface area contributed by atoms with Crippen molar-refractivity contribution in [3.63, 3.8) is 0 Å². The van der Waals surface area contributed by atoms with E-state index >= 15 is 0 Å². The van der Waals surface area contributed by atoms with Crippen molar-refractivity contribution in [3.8, 4) is 0 Å². The predicted octanol–water partition coefficient (Wildman–Crippen LogP) is 4.55. The maximum atomic E-state index is 12.3. The lowest BCUT2D eigenvalue weighted by Crippen LogP contribution is -2.37. The SMILES string of the molecule is Cc1noc(C)c1C[C@@H](C)NC(=O)Nc1ccc2c(Cl)ccc(C)c2n1. The van der Waals surface area contributed by atoms with Gasteiger partial charge in [0, 0.05) is 22.0 Å². The lowest BCUT2D eigenvalue weighted by molar-refractivity contribution is 0.249. The largest absolute Gasteiger partial charge is 0.361 e. The number of anilines is 1. The molecule has 7 heteroatoms. The molecule has 3 rings (SSSR count). The highest BCUT2D eigenvalue weighted by atomic mass is 35.5. The fourth-order valence-corrected chi connectivity index (χ4v) is 3.13. The number of hydrogen-bond acceptors (Lipinski definition) is 4. The van der Waals surface area contributed by atoms with Crippen molar-refractivity contribution in [2.24, 2.45) is 0 Å². The molecule has 26 heavy (non-hydrogen) atoms. The smallest absolute Gasteiger partial charge is 0.320 e. The van der Waals surface area contributed by atoms with E-state index < -0.39 is 0 Å². The fourth-order valence-electron chi connectivity index (χ4n) is 2.92. The Morgan fingerprint density at radius 1 is 1.23 bits per heavy atom. The molecule has 2 heterocycles. The Morgan fingerprint density at radius 2 is 2.00 bits per heavy atom. The van der Waals surface area contributed by atoms with Gasteiger partial charge in [0.05, 0.1) is 11.2 Å². The number of benzene rings is 1. The van der Waals surface area contributed by atoms with Crippen LogP contribution in [0.25, 0.3) is 10.9 Å². The molecular formula is C19H21ClN4O2. The summed E-state index contributed by atoms with van der Waals surface area (Å²) in [5.74, 6) is 1.25. The summed E-state index contributed by atoms with van der Waals surface area (Å²) in [6.45, 7) is 7.66. The van der Waals surface area contributed by atoms with E-state index in [1.165, 1.54) is 0 Å². The molecule has 0 radical (unpaired) electrons. The molecule has 2 N–H and O–H groups in total. The van der Waals surface area contributed by atoms with Gasteiger partial charge < -0.3 is 9.84 Å². The lowest BCUT2D eigenvalue weighted by atomic mass is 10.1. The molecule has 0 aliphatic rings. The van der Waals surface area contributed by atoms with Crippen LogP contribution in [-0.4, -0.2) is 22.2 Å². The number of amides is 2. The number of carbonyl (C=O) groups is 1. The van der Waals surface area contributed by atoms with Crippen molar-refractivity contribution in [2.45, 2.75) is 40.2 Å². The van der Waals surface area contributed by atoms with Gasteiger partial charge in [-0.1, -0.05) is 22.8 Å². The Kier molecular flexibility index (Phi) is 5.13. The number of halogens is 1. The molecule has 136 valence electrons. The first-order chi connectivity index (χ1) is 12.3. The molecule has 0 saturated heterocycles. The van der Waals surface area contributed by atoms with E-state index in [0.717, 1.165) is 33.5 Å². The monoisotopic (exact) mass is 372 g/mol. The first kappa shape index (κ1) is 18.2. The molecule has 2 aromatic heterocycles. The zero-order valence-electron chi connectivity index (χ0n) is 15.2. The third-order valence-electron chi connectivity index (χ3n) is 4.32. The van der Waals surface area contributed by atoms with Gasteiger partial charge in [-0.15, -0.1) is 0 Å². The van der Waals surface area contributed by atoms with Gasteiger partial charge in [0.2, 0.25) is 0 Å². The highest BCUT2D eigenvalue weighted by molar-refractivity contribution is 6.35. The maximum Gasteiger partial charge on any atom is 0.320 e. The number of rotatable bonds is 4. The van der Waals surface area contributed by atoms with E-state index in [1.807, 2.05) is 45.9 Å². The summed E-state index contributed by atoms with van der Waals surface area (Å²) in [7, 11) is 0. The van der Waals surface area contributed by atoms with Crippen LogP contribution in [0.1, 0.15) is 29.5 Å². The van der Waals surface area contributed by atoms with Gasteiger partial charge >= 0.3 is 6.03 Å². The number of urea groups is 1. The average molecular weight is 373 g/mol. The number of hydrogen-bond donors (Lipinski definition) is 2. The lowest BCUT2D eigenvalue weighted by Gasteiger charge is -2.14. The van der Waals surface area contributed by atoms with Crippen LogP contribution < -0.4 is 10.6 Å². The van der Waals surface area contributed by atoms with E-state index in [9.17, 15) is 4.79 Å². The van der Waals surface area contributed by atoms with Crippen LogP contribution in [0.15, 0.2) is 28.8 Å². The molecule has 0 unspecified atom stereocenters. The van der Waals surface area contributed by atoms with Gasteiger partial charge in [-0.05, 0) is 57.9 Å². The normalized spacial score (nSPS) is 12.2. The van der Waals surface area contributed by atoms with Crippen molar-refractivity contribution in [3.05, 3.63) is 51.9 Å². The molecule has 0 bridgehead atoms. The van der Waals surface area contributed by atoms with Gasteiger partial charge in [-0.25, -0.2) is 9.78 Å². The molecule has 0 aliphatic carbocycles. The minimum Gasteiger partial charge on any atom is -0.361 e. The van der Waals surface area contributed by atoms with Gasteiger partial charge in [-0.2, -0.15) is 0 Å². The van der Waals surface area contributed by atoms with E-state index in [0.29, 0.717) is 17.3 Å². The first-order valence-electron chi connectivity index (χ1n) is 8.40. The number of fused-ring (bicyclic) bond motifs is 1. The summed E-state index contributed by atoms with van der Waals surface area (Å²) in [6, 6.07) is 6.97. The highest BCUT2D eigenvalue weighted by Crippen LogP contribution is 2.26. The van der Waals surface area contributed by atoms with Crippen molar-refractivity contribution in [1.29, 1.82) is 0 Å². The second-order valence-corrected chi connectivity index (χ2v) is 6.87. The van der Waals surface area contributed by atoms with Crippen LogP contribution in [0.5, 0.6) is 0 Å². The second-order valence-electron chi connectivity index (χ2n) is 6.46. The van der Waals surface area contributed by atoms with Crippen molar-refractivity contribution in [1.82, 2.24) is 15.5 Å². The van der Waals surface area contributed by atoms with Crippen molar-refractivity contribution < 1.29 is 9.32 Å². The minimum atomic E-state index is -0.309. The van der Waals surface area contributed by atoms with Crippen LogP contribution >= 0.6 is 11.6 Å². The van der Waals surface area contributed by atoms with Crippen LogP contribution in [0, 0.1) is 20.8 Å². The Balaban J connectivity index is 1.68. The van der Waals surface area contributed by atoms with Gasteiger partial charge in [-0.3, -0.25) is 5.32 Å². The van der Waals surface area contributed by atoms with Gasteiger partial charge in [0.25, 0.3) is 0 Å². The van der Waals surface area contributed by atoms with Gasteiger partial charge in [0.15, 0.2) is 0 Å². The fraction of sp³-hybridized carbons (Fsp3) is 0.316. The zero-order chi connectivity index (χ0) is 18.8. The summed E-state index contributed by atoms with van der Waals surface area (Å²) >= 11 is 6.20. The summed E-state index contributed by atoms with van der Waals surface area (Å²) in [5.41, 5.74) is 3.64. The number of nitrogens with one attached hydrogen (secondary N) is 2. The Morgan fingerprint density at radius 3 is 2.69 bits per heavy atom. The highest BCUT2D eigenvalue weighted by Gasteiger charge is 2.15. The second kappa shape index (κ2) is 7.33. The van der Waals surface area contributed by atoms with Crippen LogP contribution in [0.3, 0.4) is 0 Å². The van der Waals surface area contributed by atoms with Crippen LogP contribution in [0.2, 0.25) is 5.02 Å². The van der Waals surface area contributed by atoms with E-state index in [4.69, 9.17) is 16.1 Å². The Bertz CT molecular complexity index is 948. The van der Waals surface area contributed by atoms with Crippen molar-refractivity contribution in [2.75, 3.05) is 5.32 Å². The molecule has 0 aliphatic heterocycles. The third kappa shape index (κ3) is 3.80. The molecule has 0 spiro atoms. The minimum absolute atomic E-state index is 0.0802. The van der Waals surface area contributed by atoms with Crippen molar-refractivity contribution >= 4 is 34.4 Å². The number of carbonyl (C=O) groups excluding carboxylic acids is 1. The molecule has 6 nitrogen and oxygen atoms in total. The number of aryl methyl sites for hydroxylation is 3. The molecule has 3 aromatic rings. The molecule has 1 aromatic carbocycles. The Hall–Kier alpha value is -2.60. The molecule has 2 amide bonds. The number of pyridine rings is 1. The van der Waals surface area contributed by atoms with E-state index in [-0.39, 0.29) is 12.1 Å². The maximum absolute atomic E-state index is 12.3. The summed E-state index contributed by atoms with van der Waals surface area (Å²) in [6.07, 6.45) is 0.647. The van der Waals surface area contributed by atoms with E-state index in [1.54, 1.807) is 6.07 Å². The Labute approximate surface area is 156 Å². The topological polar surface area (TPSA) is 80.0 Å². The number of nitrogens with zero attached hydrogens (tertiary/aromatic N) is 2. The summed E-state index contributed by atoms with van der Waals surface area (Å²) in [5, 5.41) is 11.1. The van der Waals surface area contributed by atoms with E-state index in [2.05, 4.69) is 20.8 Å². The quantitative estimate of drug-likeness (QED) is 0.703. The summed E-state index contributed by atoms with van der Waals surface area (Å²) in [4.78, 5) is 16.8. The molecule has 1 atom stereocenters. The van der Waals surface area contributed by atoms with Gasteiger partial charge in [0.1, 0.15) is 11.6 Å². The molecular weight excluding hydrogens is 352 g/mol. The van der Waals surface area contributed by atoms with Crippen LogP contribution in [-0.2, 0) is 6.42 Å². The zero-order valence-corrected chi connectivity index (χ0v) is 15.9. The summed E-state index contributed by atoms with van der Waals surface area (Å²) < 4.78 is 5.16. The molecule has 0 saturated carbocycles. The standard InChI is InChI=1S/C19H21ClN4O2/c1-10-5-7-16(20)14-6-8-17(22-18(10)14)23-19(25)21-11(2)9-15-12(3)24-26-13(15)4/h5-8,11H,9H2,1-4H3,(H2,21,22,23,25)/t11-/m1/s1. The molecule has 0 fully saturated rings. The first-order valence-corrected chi connectivity index (χ1v) is 8.78.